The Balaban J connectivity index is 2.36. The Bertz CT molecular complexity index is 776. The number of aliphatic hydroxyl groups excluding tert-OH is 1. The molecule has 2 atom stereocenters. The highest BCUT2D eigenvalue weighted by atomic mass is 19.4. The van der Waals surface area contributed by atoms with Gasteiger partial charge in [-0.15, -0.1) is 0 Å². The van der Waals surface area contributed by atoms with Gasteiger partial charge in [-0.25, -0.2) is 4.98 Å². The average Bonchev–Trinajstić information content (AvgIpc) is 2.90. The Morgan fingerprint density at radius 1 is 1.46 bits per heavy atom. The minimum atomic E-state index is -4.75. The number of aromatic nitrogens is 2. The summed E-state index contributed by atoms with van der Waals surface area (Å²) in [6, 6.07) is 0.983. The number of carbonyl (C=O) groups is 1. The summed E-state index contributed by atoms with van der Waals surface area (Å²) >= 11 is 0. The van der Waals surface area contributed by atoms with Gasteiger partial charge in [-0.3, -0.25) is 9.20 Å². The smallest absolute Gasteiger partial charge is 0.408 e. The fourth-order valence-electron chi connectivity index (χ4n) is 2.50. The van der Waals surface area contributed by atoms with Crippen LogP contribution < -0.4 is 10.1 Å². The molecule has 26 heavy (non-hydrogen) atoms. The number of methoxy groups -OCH3 is 1. The molecule has 0 saturated carbocycles. The molecule has 0 aliphatic heterocycles. The third-order valence-electron chi connectivity index (χ3n) is 3.71. The van der Waals surface area contributed by atoms with Gasteiger partial charge in [-0.2, -0.15) is 13.2 Å². The van der Waals surface area contributed by atoms with Crippen molar-refractivity contribution in [3.05, 3.63) is 29.7 Å². The molecule has 2 heterocycles. The molecule has 0 aromatic carbocycles. The van der Waals surface area contributed by atoms with Gasteiger partial charge < -0.3 is 19.9 Å². The number of aliphatic hydroxyl groups is 1. The summed E-state index contributed by atoms with van der Waals surface area (Å²) in [5, 5.41) is 11.3. The molecule has 0 bridgehead atoms. The first kappa shape index (κ1) is 20.0. The molecule has 2 rings (SSSR count). The first-order valence-electron chi connectivity index (χ1n) is 7.87. The highest BCUT2D eigenvalue weighted by Gasteiger charge is 2.42. The number of carbonyl (C=O) groups excluding carboxylic acids is 1. The highest BCUT2D eigenvalue weighted by Crippen LogP contribution is 2.26. The van der Waals surface area contributed by atoms with E-state index in [9.17, 15) is 23.1 Å². The average molecular weight is 375 g/mol. The molecule has 0 spiro atoms. The molecule has 10 heteroatoms. The Hall–Kier alpha value is -2.33. The van der Waals surface area contributed by atoms with Crippen LogP contribution in [0.2, 0.25) is 0 Å². The molecule has 2 aromatic rings. The maximum absolute atomic E-state index is 13.2. The summed E-state index contributed by atoms with van der Waals surface area (Å²) in [5.41, 5.74) is 0.545. The van der Waals surface area contributed by atoms with E-state index in [1.165, 1.54) is 17.5 Å². The van der Waals surface area contributed by atoms with E-state index in [1.807, 2.05) is 5.32 Å². The van der Waals surface area contributed by atoms with E-state index in [-0.39, 0.29) is 11.4 Å². The topological polar surface area (TPSA) is 85.1 Å². The first-order valence-corrected chi connectivity index (χ1v) is 7.87. The van der Waals surface area contributed by atoms with E-state index in [4.69, 9.17) is 4.74 Å². The number of halogens is 3. The van der Waals surface area contributed by atoms with Gasteiger partial charge in [0.15, 0.2) is 17.7 Å². The van der Waals surface area contributed by atoms with E-state index < -0.39 is 30.8 Å². The van der Waals surface area contributed by atoms with E-state index in [0.717, 1.165) is 7.11 Å². The Kier molecular flexibility index (Phi) is 6.09. The van der Waals surface area contributed by atoms with Crippen molar-refractivity contribution in [2.24, 2.45) is 0 Å². The normalized spacial score (nSPS) is 14.3. The Morgan fingerprint density at radius 2 is 2.15 bits per heavy atom. The lowest BCUT2D eigenvalue weighted by Gasteiger charge is -2.23. The van der Waals surface area contributed by atoms with E-state index in [2.05, 4.69) is 9.72 Å². The number of nitrogens with zero attached hydrogens (tertiary/aromatic N) is 2. The summed E-state index contributed by atoms with van der Waals surface area (Å²) in [7, 11) is 1.07. The Labute approximate surface area is 147 Å². The number of hydrogen-bond donors (Lipinski definition) is 2. The fraction of sp³-hybridized carbons (Fsp3) is 0.500. The maximum Gasteiger partial charge on any atom is 0.408 e. The summed E-state index contributed by atoms with van der Waals surface area (Å²) in [5.74, 6) is -0.548. The lowest BCUT2D eigenvalue weighted by Crippen LogP contribution is -2.47. The maximum atomic E-state index is 13.2. The molecular formula is C16H20F3N3O4. The number of aryl methyl sites for hydroxylation is 1. The molecule has 0 fully saturated rings. The zero-order chi connectivity index (χ0) is 19.5. The monoisotopic (exact) mass is 375 g/mol. The SMILES string of the molecule is CCOc1cccn2c(C(=O)NC(CC(O)OC)C(F)(F)F)c(C)nc12. The van der Waals surface area contributed by atoms with Crippen molar-refractivity contribution in [1.29, 1.82) is 0 Å². The second kappa shape index (κ2) is 7.92. The van der Waals surface area contributed by atoms with E-state index in [0.29, 0.717) is 18.0 Å². The van der Waals surface area contributed by atoms with Crippen LogP contribution in [-0.2, 0) is 4.74 Å². The third kappa shape index (κ3) is 4.25. The third-order valence-corrected chi connectivity index (χ3v) is 3.71. The lowest BCUT2D eigenvalue weighted by molar-refractivity contribution is -0.176. The molecule has 144 valence electrons. The standard InChI is InChI=1S/C16H20F3N3O4/c1-4-26-10-6-5-7-22-13(9(2)20-14(10)22)15(24)21-11(16(17,18)19)8-12(23)25-3/h5-7,11-12,23H,4,8H2,1-3H3,(H,21,24). The molecule has 2 unspecified atom stereocenters. The van der Waals surface area contributed by atoms with Gasteiger partial charge in [-0.1, -0.05) is 0 Å². The predicted octanol–water partition coefficient (Wildman–Crippen LogP) is 2.06. The molecule has 0 saturated heterocycles. The van der Waals surface area contributed by atoms with Crippen LogP contribution in [0.15, 0.2) is 18.3 Å². The number of amides is 1. The van der Waals surface area contributed by atoms with Gasteiger partial charge in [0.2, 0.25) is 0 Å². The van der Waals surface area contributed by atoms with Crippen LogP contribution in [0, 0.1) is 6.92 Å². The van der Waals surface area contributed by atoms with Gasteiger partial charge in [0.1, 0.15) is 11.7 Å². The van der Waals surface area contributed by atoms with Gasteiger partial charge in [-0.05, 0) is 26.0 Å². The highest BCUT2D eigenvalue weighted by molar-refractivity contribution is 5.95. The number of fused-ring (bicyclic) bond motifs is 1. The number of rotatable bonds is 7. The van der Waals surface area contributed by atoms with Crippen molar-refractivity contribution in [1.82, 2.24) is 14.7 Å². The van der Waals surface area contributed by atoms with Crippen LogP contribution in [-0.4, -0.2) is 52.6 Å². The summed E-state index contributed by atoms with van der Waals surface area (Å²) in [6.07, 6.45) is -5.72. The molecule has 0 aliphatic rings. The number of pyridine rings is 1. The van der Waals surface area contributed by atoms with Crippen LogP contribution in [0.25, 0.3) is 5.65 Å². The quantitative estimate of drug-likeness (QED) is 0.724. The molecule has 2 N–H and O–H groups in total. The van der Waals surface area contributed by atoms with Gasteiger partial charge in [0.05, 0.1) is 12.3 Å². The predicted molar refractivity (Wildman–Crippen MR) is 86.0 cm³/mol. The second-order valence-corrected chi connectivity index (χ2v) is 5.54. The minimum absolute atomic E-state index is 0.0392. The number of nitrogens with one attached hydrogen (secondary N) is 1. The molecule has 2 aromatic heterocycles. The number of ether oxygens (including phenoxy) is 2. The largest absolute Gasteiger partial charge is 0.490 e. The van der Waals surface area contributed by atoms with Crippen LogP contribution in [0.3, 0.4) is 0 Å². The molecular weight excluding hydrogens is 355 g/mol. The summed E-state index contributed by atoms with van der Waals surface area (Å²) < 4.78 is 50.8. The molecule has 7 nitrogen and oxygen atoms in total. The lowest BCUT2D eigenvalue weighted by atomic mass is 10.1. The second-order valence-electron chi connectivity index (χ2n) is 5.54. The van der Waals surface area contributed by atoms with Crippen molar-refractivity contribution in [3.8, 4) is 5.75 Å². The van der Waals surface area contributed by atoms with Gasteiger partial charge in [0, 0.05) is 19.7 Å². The van der Waals surface area contributed by atoms with Crippen LogP contribution >= 0.6 is 0 Å². The minimum Gasteiger partial charge on any atom is -0.490 e. The molecule has 1 amide bonds. The number of hydrogen-bond acceptors (Lipinski definition) is 5. The zero-order valence-electron chi connectivity index (χ0n) is 14.5. The van der Waals surface area contributed by atoms with E-state index in [1.54, 1.807) is 19.1 Å². The van der Waals surface area contributed by atoms with Gasteiger partial charge in [0.25, 0.3) is 5.91 Å². The van der Waals surface area contributed by atoms with Crippen molar-refractivity contribution < 1.29 is 32.5 Å². The van der Waals surface area contributed by atoms with Crippen LogP contribution in [0.5, 0.6) is 5.75 Å². The molecule has 0 radical (unpaired) electrons. The molecule has 0 aliphatic carbocycles. The van der Waals surface area contributed by atoms with Crippen LogP contribution in [0.1, 0.15) is 29.5 Å². The van der Waals surface area contributed by atoms with Crippen molar-refractivity contribution >= 4 is 11.6 Å². The van der Waals surface area contributed by atoms with Gasteiger partial charge >= 0.3 is 6.18 Å². The number of alkyl halides is 3. The number of imidazole rings is 1. The Morgan fingerprint density at radius 3 is 2.73 bits per heavy atom. The van der Waals surface area contributed by atoms with Crippen molar-refractivity contribution in [3.63, 3.8) is 0 Å². The van der Waals surface area contributed by atoms with Crippen molar-refractivity contribution in [2.75, 3.05) is 13.7 Å². The van der Waals surface area contributed by atoms with Crippen LogP contribution in [0.4, 0.5) is 13.2 Å². The summed E-state index contributed by atoms with van der Waals surface area (Å²) in [4.78, 5) is 16.7. The van der Waals surface area contributed by atoms with Crippen molar-refractivity contribution in [2.45, 2.75) is 38.8 Å². The first-order chi connectivity index (χ1) is 12.2. The fourth-order valence-corrected chi connectivity index (χ4v) is 2.50. The van der Waals surface area contributed by atoms with E-state index >= 15 is 0 Å². The summed E-state index contributed by atoms with van der Waals surface area (Å²) in [6.45, 7) is 3.67. The zero-order valence-corrected chi connectivity index (χ0v) is 14.5.